The molecule has 0 spiro atoms. The fraction of sp³-hybridized carbons (Fsp3) is 0.125. The minimum atomic E-state index is -0.0802. The van der Waals surface area contributed by atoms with E-state index in [1.54, 1.807) is 4.57 Å². The summed E-state index contributed by atoms with van der Waals surface area (Å²) in [6.45, 7) is 2.60. The monoisotopic (exact) mass is 278 g/mol. The average Bonchev–Trinajstić information content (AvgIpc) is 3.04. The van der Waals surface area contributed by atoms with Crippen molar-refractivity contribution in [1.82, 2.24) is 19.5 Å². The van der Waals surface area contributed by atoms with Crippen LogP contribution in [-0.2, 0) is 6.54 Å². The second kappa shape index (κ2) is 4.34. The van der Waals surface area contributed by atoms with Crippen molar-refractivity contribution in [1.29, 1.82) is 0 Å². The van der Waals surface area contributed by atoms with Gasteiger partial charge in [-0.05, 0) is 19.1 Å². The molecule has 0 saturated carbocycles. The maximum absolute atomic E-state index is 11.8. The molecule has 2 N–H and O–H groups in total. The molecule has 0 atom stereocenters. The predicted molar refractivity (Wildman–Crippen MR) is 83.3 cm³/mol. The van der Waals surface area contributed by atoms with Gasteiger partial charge in [0.25, 0.3) is 0 Å². The van der Waals surface area contributed by atoms with Gasteiger partial charge in [-0.2, -0.15) is 0 Å². The highest BCUT2D eigenvalue weighted by Gasteiger charge is 2.10. The van der Waals surface area contributed by atoms with Gasteiger partial charge in [0.2, 0.25) is 0 Å². The van der Waals surface area contributed by atoms with Crippen LogP contribution in [0.5, 0.6) is 0 Å². The molecule has 4 rings (SSSR count). The zero-order chi connectivity index (χ0) is 14.4. The summed E-state index contributed by atoms with van der Waals surface area (Å²) in [5.74, 6) is 0.837. The Bertz CT molecular complexity index is 992. The highest BCUT2D eigenvalue weighted by atomic mass is 16.1. The zero-order valence-electron chi connectivity index (χ0n) is 11.6. The number of benzene rings is 2. The van der Waals surface area contributed by atoms with Crippen molar-refractivity contribution in [2.45, 2.75) is 13.5 Å². The van der Waals surface area contributed by atoms with E-state index in [0.29, 0.717) is 6.54 Å². The van der Waals surface area contributed by atoms with Crippen molar-refractivity contribution in [3.8, 4) is 11.4 Å². The van der Waals surface area contributed by atoms with E-state index < -0.39 is 0 Å². The van der Waals surface area contributed by atoms with E-state index in [4.69, 9.17) is 0 Å². The highest BCUT2D eigenvalue weighted by molar-refractivity contribution is 5.92. The molecule has 0 radical (unpaired) electrons. The van der Waals surface area contributed by atoms with Crippen molar-refractivity contribution in [2.75, 3.05) is 0 Å². The smallest absolute Gasteiger partial charge is 0.326 e. The summed E-state index contributed by atoms with van der Waals surface area (Å²) < 4.78 is 1.71. The molecule has 0 aliphatic carbocycles. The molecule has 2 aromatic carbocycles. The summed E-state index contributed by atoms with van der Waals surface area (Å²) in [7, 11) is 0. The van der Waals surface area contributed by atoms with Crippen molar-refractivity contribution >= 4 is 22.1 Å². The van der Waals surface area contributed by atoms with E-state index in [9.17, 15) is 4.79 Å². The number of aromatic nitrogens is 4. The first-order chi connectivity index (χ1) is 10.3. The van der Waals surface area contributed by atoms with E-state index in [-0.39, 0.29) is 5.69 Å². The molecule has 5 heteroatoms. The molecular formula is C16H14N4O. The Kier molecular flexibility index (Phi) is 2.47. The number of rotatable bonds is 2. The van der Waals surface area contributed by atoms with Crippen LogP contribution in [0.1, 0.15) is 6.92 Å². The van der Waals surface area contributed by atoms with Crippen LogP contribution in [0.2, 0.25) is 0 Å². The Balaban J connectivity index is 1.98. The predicted octanol–water partition coefficient (Wildman–Crippen LogP) is 2.89. The maximum atomic E-state index is 11.8. The van der Waals surface area contributed by atoms with Crippen LogP contribution in [0.3, 0.4) is 0 Å². The molecular weight excluding hydrogens is 264 g/mol. The largest absolute Gasteiger partial charge is 0.338 e. The number of imidazole rings is 2. The summed E-state index contributed by atoms with van der Waals surface area (Å²) >= 11 is 0. The second-order valence-corrected chi connectivity index (χ2v) is 5.01. The van der Waals surface area contributed by atoms with Crippen molar-refractivity contribution in [3.05, 3.63) is 52.9 Å². The summed E-state index contributed by atoms with van der Waals surface area (Å²) in [4.78, 5) is 22.7. The van der Waals surface area contributed by atoms with E-state index in [1.807, 2.05) is 49.4 Å². The molecule has 104 valence electrons. The third-order valence-corrected chi connectivity index (χ3v) is 3.74. The van der Waals surface area contributed by atoms with Crippen LogP contribution in [-0.4, -0.2) is 19.5 Å². The summed E-state index contributed by atoms with van der Waals surface area (Å²) in [5, 5.41) is 0. The van der Waals surface area contributed by atoms with Crippen LogP contribution in [0, 0.1) is 0 Å². The highest BCUT2D eigenvalue weighted by Crippen LogP contribution is 2.23. The van der Waals surface area contributed by atoms with E-state index in [2.05, 4.69) is 15.0 Å². The van der Waals surface area contributed by atoms with Crippen molar-refractivity contribution in [2.24, 2.45) is 0 Å². The lowest BCUT2D eigenvalue weighted by Gasteiger charge is -1.96. The van der Waals surface area contributed by atoms with Crippen LogP contribution in [0.4, 0.5) is 0 Å². The Morgan fingerprint density at radius 1 is 1.10 bits per heavy atom. The molecule has 2 heterocycles. The zero-order valence-corrected chi connectivity index (χ0v) is 11.6. The maximum Gasteiger partial charge on any atom is 0.326 e. The van der Waals surface area contributed by atoms with E-state index in [1.165, 1.54) is 0 Å². The first-order valence-electron chi connectivity index (χ1n) is 6.94. The normalized spacial score (nSPS) is 11.5. The molecule has 0 aliphatic heterocycles. The number of aryl methyl sites for hydroxylation is 1. The lowest BCUT2D eigenvalue weighted by atomic mass is 10.2. The van der Waals surface area contributed by atoms with Crippen molar-refractivity contribution < 1.29 is 0 Å². The van der Waals surface area contributed by atoms with Crippen LogP contribution in [0.25, 0.3) is 33.5 Å². The van der Waals surface area contributed by atoms with Gasteiger partial charge in [-0.25, -0.2) is 9.78 Å². The molecule has 0 bridgehead atoms. The van der Waals surface area contributed by atoms with Gasteiger partial charge < -0.3 is 9.97 Å². The Hall–Kier alpha value is -2.82. The van der Waals surface area contributed by atoms with Crippen molar-refractivity contribution in [3.63, 3.8) is 0 Å². The topological polar surface area (TPSA) is 66.5 Å². The van der Waals surface area contributed by atoms with Crippen LogP contribution < -0.4 is 5.69 Å². The molecule has 21 heavy (non-hydrogen) atoms. The minimum absolute atomic E-state index is 0.0802. The van der Waals surface area contributed by atoms with Gasteiger partial charge in [-0.3, -0.25) is 4.57 Å². The van der Waals surface area contributed by atoms with Gasteiger partial charge in [0, 0.05) is 12.1 Å². The van der Waals surface area contributed by atoms with Crippen LogP contribution >= 0.6 is 0 Å². The Morgan fingerprint density at radius 3 is 2.67 bits per heavy atom. The molecule has 4 aromatic rings. The fourth-order valence-corrected chi connectivity index (χ4v) is 2.71. The number of fused-ring (bicyclic) bond motifs is 2. The van der Waals surface area contributed by atoms with Gasteiger partial charge >= 0.3 is 5.69 Å². The average molecular weight is 278 g/mol. The third kappa shape index (κ3) is 1.78. The molecule has 0 fully saturated rings. The van der Waals surface area contributed by atoms with Gasteiger partial charge in [0.15, 0.2) is 0 Å². The summed E-state index contributed by atoms with van der Waals surface area (Å²) in [5.41, 5.74) is 4.47. The fourth-order valence-electron chi connectivity index (χ4n) is 2.71. The van der Waals surface area contributed by atoms with Gasteiger partial charge in [0.1, 0.15) is 5.82 Å². The number of hydrogen-bond donors (Lipinski definition) is 2. The van der Waals surface area contributed by atoms with Gasteiger partial charge in [-0.15, -0.1) is 0 Å². The molecule has 0 saturated heterocycles. The standard InChI is InChI=1S/C16H14N4O/c1-2-20-14-9-12-11(8-13(14)19-16(20)21)17-15(18-12)10-6-4-3-5-7-10/h3-9H,2H2,1H3,(H,17,18)(H,19,21). The van der Waals surface area contributed by atoms with Gasteiger partial charge in [0.05, 0.1) is 22.1 Å². The number of nitrogens with zero attached hydrogens (tertiary/aromatic N) is 2. The summed E-state index contributed by atoms with van der Waals surface area (Å²) in [6.07, 6.45) is 0. The minimum Gasteiger partial charge on any atom is -0.338 e. The number of aromatic amines is 2. The van der Waals surface area contributed by atoms with Gasteiger partial charge in [-0.1, -0.05) is 30.3 Å². The quantitative estimate of drug-likeness (QED) is 0.592. The van der Waals surface area contributed by atoms with E-state index >= 15 is 0 Å². The number of nitrogens with one attached hydrogen (secondary N) is 2. The Labute approximate surface area is 120 Å². The number of hydrogen-bond acceptors (Lipinski definition) is 2. The number of H-pyrrole nitrogens is 2. The Morgan fingerprint density at radius 2 is 1.90 bits per heavy atom. The SMILES string of the molecule is CCn1c(=O)[nH]c2cc3[nH]c(-c4ccccc4)nc3cc21. The third-order valence-electron chi connectivity index (χ3n) is 3.74. The van der Waals surface area contributed by atoms with Crippen LogP contribution in [0.15, 0.2) is 47.3 Å². The first kappa shape index (κ1) is 12.0. The second-order valence-electron chi connectivity index (χ2n) is 5.01. The molecule has 5 nitrogen and oxygen atoms in total. The first-order valence-corrected chi connectivity index (χ1v) is 6.94. The summed E-state index contributed by atoms with van der Waals surface area (Å²) in [6, 6.07) is 13.9. The van der Waals surface area contributed by atoms with E-state index in [0.717, 1.165) is 33.5 Å². The lowest BCUT2D eigenvalue weighted by Crippen LogP contribution is -2.14. The lowest BCUT2D eigenvalue weighted by molar-refractivity contribution is 0.753. The molecule has 0 unspecified atom stereocenters. The molecule has 0 amide bonds. The molecule has 2 aromatic heterocycles. The molecule has 0 aliphatic rings.